The van der Waals surface area contributed by atoms with Gasteiger partial charge in [-0.1, -0.05) is 0 Å². The van der Waals surface area contributed by atoms with Crippen LogP contribution in [0.3, 0.4) is 0 Å². The highest BCUT2D eigenvalue weighted by atomic mass is 16.4. The van der Waals surface area contributed by atoms with Gasteiger partial charge in [-0.05, 0) is 19.8 Å². The second-order valence-electron chi connectivity index (χ2n) is 3.26. The number of carboxylic acid groups (broad SMARTS) is 1. The average molecular weight is 168 g/mol. The van der Waals surface area contributed by atoms with E-state index in [0.717, 1.165) is 13.0 Å². The Hall–Kier alpha value is -1.08. The second-order valence-corrected chi connectivity index (χ2v) is 3.26. The lowest BCUT2D eigenvalue weighted by Crippen LogP contribution is -2.47. The van der Waals surface area contributed by atoms with Gasteiger partial charge in [0.15, 0.2) is 0 Å². The Labute approximate surface area is 71.4 Å². The van der Waals surface area contributed by atoms with Gasteiger partial charge >= 0.3 is 5.97 Å². The minimum atomic E-state index is -0.824. The molecule has 0 aromatic heterocycles. The van der Waals surface area contributed by atoms with E-state index in [0.29, 0.717) is 6.42 Å². The summed E-state index contributed by atoms with van der Waals surface area (Å²) < 4.78 is 0. The smallest absolute Gasteiger partial charge is 0.323 e. The van der Waals surface area contributed by atoms with E-state index in [1.807, 2.05) is 6.07 Å². The molecule has 0 amide bonds. The standard InChI is InChI=1S/C8H12N2O2/c1-8(7(11)12)3-2-5-10(8)6-4-9/h2-3,5-6H2,1H3,(H,11,12). The predicted octanol–water partition coefficient (Wildman–Crippen LogP) is 0.449. The van der Waals surface area contributed by atoms with Crippen LogP contribution in [0.5, 0.6) is 0 Å². The number of hydrogen-bond donors (Lipinski definition) is 1. The first-order valence-electron chi connectivity index (χ1n) is 3.96. The third kappa shape index (κ3) is 1.28. The fourth-order valence-corrected chi connectivity index (χ4v) is 1.60. The largest absolute Gasteiger partial charge is 0.480 e. The molecule has 0 bridgehead atoms. The van der Waals surface area contributed by atoms with Crippen LogP contribution in [-0.2, 0) is 4.79 Å². The zero-order chi connectivity index (χ0) is 9.19. The van der Waals surface area contributed by atoms with Crippen LogP contribution in [0.25, 0.3) is 0 Å². The van der Waals surface area contributed by atoms with Gasteiger partial charge in [0.25, 0.3) is 0 Å². The molecule has 66 valence electrons. The number of rotatable bonds is 2. The van der Waals surface area contributed by atoms with Gasteiger partial charge in [0.2, 0.25) is 0 Å². The van der Waals surface area contributed by atoms with Crippen LogP contribution in [0.1, 0.15) is 19.8 Å². The van der Waals surface area contributed by atoms with Crippen molar-refractivity contribution in [3.05, 3.63) is 0 Å². The number of hydrogen-bond acceptors (Lipinski definition) is 3. The van der Waals surface area contributed by atoms with Crippen LogP contribution in [0.15, 0.2) is 0 Å². The average Bonchev–Trinajstić information content (AvgIpc) is 2.35. The molecule has 1 atom stereocenters. The van der Waals surface area contributed by atoms with Gasteiger partial charge in [0.1, 0.15) is 5.54 Å². The summed E-state index contributed by atoms with van der Waals surface area (Å²) in [6.07, 6.45) is 1.51. The highest BCUT2D eigenvalue weighted by molar-refractivity contribution is 5.78. The van der Waals surface area contributed by atoms with E-state index in [4.69, 9.17) is 10.4 Å². The molecule has 1 fully saturated rings. The molecule has 1 heterocycles. The summed E-state index contributed by atoms with van der Waals surface area (Å²) in [5, 5.41) is 17.4. The monoisotopic (exact) mass is 168 g/mol. The minimum absolute atomic E-state index is 0.211. The molecule has 0 aromatic rings. The SMILES string of the molecule is CC1(C(=O)O)CCCN1CC#N. The molecule has 4 heteroatoms. The van der Waals surface area contributed by atoms with Crippen molar-refractivity contribution >= 4 is 5.97 Å². The molecule has 1 N–H and O–H groups in total. The molecule has 0 aromatic carbocycles. The molecule has 0 radical (unpaired) electrons. The van der Waals surface area contributed by atoms with Crippen molar-refractivity contribution in [2.45, 2.75) is 25.3 Å². The maximum Gasteiger partial charge on any atom is 0.323 e. The molecule has 0 aliphatic carbocycles. The van der Waals surface area contributed by atoms with Crippen molar-refractivity contribution < 1.29 is 9.90 Å². The van der Waals surface area contributed by atoms with Crippen LogP contribution in [0, 0.1) is 11.3 Å². The zero-order valence-corrected chi connectivity index (χ0v) is 7.08. The van der Waals surface area contributed by atoms with Crippen molar-refractivity contribution in [1.29, 1.82) is 5.26 Å². The predicted molar refractivity (Wildman–Crippen MR) is 42.5 cm³/mol. The molecule has 0 saturated carbocycles. The molecule has 1 rings (SSSR count). The lowest BCUT2D eigenvalue weighted by molar-refractivity contribution is -0.148. The van der Waals surface area contributed by atoms with Crippen molar-refractivity contribution in [1.82, 2.24) is 4.90 Å². The lowest BCUT2D eigenvalue weighted by Gasteiger charge is -2.28. The van der Waals surface area contributed by atoms with E-state index in [1.165, 1.54) is 0 Å². The van der Waals surface area contributed by atoms with Crippen LogP contribution in [-0.4, -0.2) is 34.6 Å². The molecule has 4 nitrogen and oxygen atoms in total. The van der Waals surface area contributed by atoms with Crippen molar-refractivity contribution in [2.75, 3.05) is 13.1 Å². The summed E-state index contributed by atoms with van der Waals surface area (Å²) >= 11 is 0. The summed E-state index contributed by atoms with van der Waals surface area (Å²) in [5.41, 5.74) is -0.810. The minimum Gasteiger partial charge on any atom is -0.480 e. The Morgan fingerprint density at radius 2 is 2.50 bits per heavy atom. The first kappa shape index (κ1) is 9.01. The van der Waals surface area contributed by atoms with Crippen molar-refractivity contribution in [3.8, 4) is 6.07 Å². The number of carboxylic acids is 1. The van der Waals surface area contributed by atoms with E-state index in [9.17, 15) is 4.79 Å². The second kappa shape index (κ2) is 3.11. The number of carbonyl (C=O) groups is 1. The Kier molecular flexibility index (Phi) is 2.34. The topological polar surface area (TPSA) is 64.3 Å². The molecule has 1 unspecified atom stereocenters. The van der Waals surface area contributed by atoms with E-state index < -0.39 is 11.5 Å². The van der Waals surface area contributed by atoms with Gasteiger partial charge in [-0.3, -0.25) is 9.69 Å². The van der Waals surface area contributed by atoms with Crippen LogP contribution in [0.2, 0.25) is 0 Å². The van der Waals surface area contributed by atoms with Crippen molar-refractivity contribution in [3.63, 3.8) is 0 Å². The molecule has 12 heavy (non-hydrogen) atoms. The molecular formula is C8H12N2O2. The molecule has 1 aliphatic rings. The van der Waals surface area contributed by atoms with Gasteiger partial charge in [0.05, 0.1) is 12.6 Å². The maximum absolute atomic E-state index is 10.9. The molecule has 1 saturated heterocycles. The molecular weight excluding hydrogens is 156 g/mol. The number of nitriles is 1. The normalized spacial score (nSPS) is 30.0. The quantitative estimate of drug-likeness (QED) is 0.608. The van der Waals surface area contributed by atoms with E-state index in [-0.39, 0.29) is 6.54 Å². The summed E-state index contributed by atoms with van der Waals surface area (Å²) in [6.45, 7) is 2.61. The Morgan fingerprint density at radius 1 is 1.83 bits per heavy atom. The van der Waals surface area contributed by atoms with Gasteiger partial charge in [-0.15, -0.1) is 0 Å². The van der Waals surface area contributed by atoms with E-state index in [1.54, 1.807) is 11.8 Å². The highest BCUT2D eigenvalue weighted by Gasteiger charge is 2.42. The number of nitrogens with zero attached hydrogens (tertiary/aromatic N) is 2. The molecule has 1 aliphatic heterocycles. The highest BCUT2D eigenvalue weighted by Crippen LogP contribution is 2.28. The van der Waals surface area contributed by atoms with Crippen molar-refractivity contribution in [2.24, 2.45) is 0 Å². The first-order chi connectivity index (χ1) is 5.61. The van der Waals surface area contributed by atoms with E-state index in [2.05, 4.69) is 0 Å². The maximum atomic E-state index is 10.9. The van der Waals surface area contributed by atoms with Gasteiger partial charge in [0, 0.05) is 6.54 Å². The fraction of sp³-hybridized carbons (Fsp3) is 0.750. The lowest BCUT2D eigenvalue weighted by atomic mass is 9.99. The summed E-state index contributed by atoms with van der Waals surface area (Å²) in [5.74, 6) is -0.824. The van der Waals surface area contributed by atoms with Gasteiger partial charge in [-0.25, -0.2) is 0 Å². The Bertz CT molecular complexity index is 234. The van der Waals surface area contributed by atoms with Gasteiger partial charge < -0.3 is 5.11 Å². The van der Waals surface area contributed by atoms with Crippen LogP contribution < -0.4 is 0 Å². The molecule has 0 spiro atoms. The van der Waals surface area contributed by atoms with Crippen LogP contribution >= 0.6 is 0 Å². The number of aliphatic carboxylic acids is 1. The number of likely N-dealkylation sites (tertiary alicyclic amines) is 1. The Morgan fingerprint density at radius 3 is 3.00 bits per heavy atom. The third-order valence-corrected chi connectivity index (χ3v) is 2.51. The first-order valence-corrected chi connectivity index (χ1v) is 3.96. The zero-order valence-electron chi connectivity index (χ0n) is 7.08. The third-order valence-electron chi connectivity index (χ3n) is 2.51. The Balaban J connectivity index is 2.75. The summed E-state index contributed by atoms with van der Waals surface area (Å²) in [6, 6.07) is 1.98. The fourth-order valence-electron chi connectivity index (χ4n) is 1.60. The van der Waals surface area contributed by atoms with Gasteiger partial charge in [-0.2, -0.15) is 5.26 Å². The van der Waals surface area contributed by atoms with Crippen LogP contribution in [0.4, 0.5) is 0 Å². The van der Waals surface area contributed by atoms with E-state index >= 15 is 0 Å². The summed E-state index contributed by atoms with van der Waals surface area (Å²) in [4.78, 5) is 12.6. The summed E-state index contributed by atoms with van der Waals surface area (Å²) in [7, 11) is 0.